The molecule has 2 aromatic carbocycles. The second kappa shape index (κ2) is 9.56. The summed E-state index contributed by atoms with van der Waals surface area (Å²) >= 11 is 6.28. The normalized spacial score (nSPS) is 15.3. The second-order valence-electron chi connectivity index (χ2n) is 7.55. The molecule has 0 atom stereocenters. The van der Waals surface area contributed by atoms with Gasteiger partial charge in [-0.1, -0.05) is 11.6 Å². The number of ether oxygens (including phenoxy) is 4. The molecule has 0 spiro atoms. The van der Waals surface area contributed by atoms with Crippen LogP contribution < -0.4 is 18.9 Å². The molecule has 0 saturated carbocycles. The van der Waals surface area contributed by atoms with E-state index < -0.39 is 0 Å². The lowest BCUT2D eigenvalue weighted by Crippen LogP contribution is -2.51. The minimum absolute atomic E-state index is 0.0205. The van der Waals surface area contributed by atoms with E-state index in [0.717, 1.165) is 5.56 Å². The Morgan fingerprint density at radius 2 is 1.53 bits per heavy atom. The van der Waals surface area contributed by atoms with Crippen LogP contribution >= 0.6 is 11.6 Å². The molecule has 8 nitrogen and oxygen atoms in total. The second-order valence-corrected chi connectivity index (χ2v) is 7.96. The van der Waals surface area contributed by atoms with Gasteiger partial charge in [-0.2, -0.15) is 0 Å². The number of rotatable bonds is 5. The van der Waals surface area contributed by atoms with Crippen LogP contribution in [0.5, 0.6) is 23.0 Å². The molecule has 1 saturated heterocycles. The number of hydrogen-bond donors (Lipinski definition) is 0. The van der Waals surface area contributed by atoms with E-state index in [1.807, 2.05) is 0 Å². The van der Waals surface area contributed by atoms with E-state index >= 15 is 0 Å². The van der Waals surface area contributed by atoms with E-state index in [1.54, 1.807) is 54.4 Å². The topological polar surface area (TPSA) is 77.5 Å². The fraction of sp³-hybridized carbons (Fsp3) is 0.391. The molecule has 2 aliphatic rings. The molecule has 2 amide bonds. The average molecular weight is 461 g/mol. The molecule has 2 aromatic rings. The lowest BCUT2D eigenvalue weighted by Gasteiger charge is -2.35. The zero-order chi connectivity index (χ0) is 22.7. The Morgan fingerprint density at radius 3 is 2.19 bits per heavy atom. The van der Waals surface area contributed by atoms with Crippen molar-refractivity contribution in [2.75, 3.05) is 53.6 Å². The molecule has 9 heteroatoms. The van der Waals surface area contributed by atoms with Crippen molar-refractivity contribution in [1.29, 1.82) is 0 Å². The summed E-state index contributed by atoms with van der Waals surface area (Å²) in [4.78, 5) is 29.3. The summed E-state index contributed by atoms with van der Waals surface area (Å²) in [6.45, 7) is 2.73. The van der Waals surface area contributed by atoms with Gasteiger partial charge in [-0.25, -0.2) is 0 Å². The summed E-state index contributed by atoms with van der Waals surface area (Å²) < 4.78 is 21.6. The Hall–Kier alpha value is -3.13. The number of amides is 2. The number of benzene rings is 2. The van der Waals surface area contributed by atoms with Gasteiger partial charge in [0, 0.05) is 37.8 Å². The smallest absolute Gasteiger partial charge is 0.254 e. The third-order valence-electron chi connectivity index (χ3n) is 5.53. The van der Waals surface area contributed by atoms with Crippen molar-refractivity contribution in [2.24, 2.45) is 0 Å². The Bertz CT molecular complexity index is 998. The molecule has 0 radical (unpaired) electrons. The van der Waals surface area contributed by atoms with E-state index in [9.17, 15) is 9.59 Å². The minimum atomic E-state index is -0.118. The van der Waals surface area contributed by atoms with Crippen LogP contribution in [0.1, 0.15) is 15.9 Å². The first-order chi connectivity index (χ1) is 15.5. The van der Waals surface area contributed by atoms with Crippen LogP contribution in [0.2, 0.25) is 5.02 Å². The molecular weight excluding hydrogens is 436 g/mol. The van der Waals surface area contributed by atoms with Gasteiger partial charge in [-0.05, 0) is 29.8 Å². The van der Waals surface area contributed by atoms with Gasteiger partial charge >= 0.3 is 0 Å². The first kappa shape index (κ1) is 22.1. The molecule has 4 rings (SSSR count). The molecule has 2 aliphatic heterocycles. The first-order valence-electron chi connectivity index (χ1n) is 10.4. The van der Waals surface area contributed by atoms with Gasteiger partial charge in [0.1, 0.15) is 24.7 Å². The number of carbonyl (C=O) groups excluding carboxylic acids is 2. The summed E-state index contributed by atoms with van der Waals surface area (Å²) in [6.07, 6.45) is 0.206. The maximum absolute atomic E-state index is 12.9. The Morgan fingerprint density at radius 1 is 0.906 bits per heavy atom. The number of fused-ring (bicyclic) bond motifs is 1. The average Bonchev–Trinajstić information content (AvgIpc) is 2.83. The first-order valence-corrected chi connectivity index (χ1v) is 10.7. The summed E-state index contributed by atoms with van der Waals surface area (Å²) in [5, 5.41) is 0.439. The maximum atomic E-state index is 12.9. The van der Waals surface area contributed by atoms with E-state index in [2.05, 4.69) is 0 Å². The van der Waals surface area contributed by atoms with Gasteiger partial charge in [0.25, 0.3) is 5.91 Å². The lowest BCUT2D eigenvalue weighted by atomic mass is 10.1. The summed E-state index contributed by atoms with van der Waals surface area (Å²) in [5.41, 5.74) is 1.26. The van der Waals surface area contributed by atoms with Gasteiger partial charge in [0.2, 0.25) is 5.91 Å². The zero-order valence-corrected chi connectivity index (χ0v) is 18.8. The molecule has 0 aliphatic carbocycles. The molecule has 0 aromatic heterocycles. The van der Waals surface area contributed by atoms with Crippen molar-refractivity contribution >= 4 is 23.4 Å². The Labute approximate surface area is 191 Å². The lowest BCUT2D eigenvalue weighted by molar-refractivity contribution is -0.131. The van der Waals surface area contributed by atoms with Gasteiger partial charge in [-0.15, -0.1) is 0 Å². The standard InChI is InChI=1S/C23H25ClN2O6/c1-29-17-12-16(13-18(14-17)30-2)23(28)26-5-3-25(4-6-26)21(27)11-15-9-19(24)22-20(10-15)31-7-8-32-22/h9-10,12-14H,3-8,11H2,1-2H3. The monoisotopic (exact) mass is 460 g/mol. The summed E-state index contributed by atoms with van der Waals surface area (Å²) in [6, 6.07) is 8.64. The van der Waals surface area contributed by atoms with E-state index in [-0.39, 0.29) is 18.2 Å². The molecule has 170 valence electrons. The van der Waals surface area contributed by atoms with E-state index in [0.29, 0.717) is 73.0 Å². The summed E-state index contributed by atoms with van der Waals surface area (Å²) in [7, 11) is 3.09. The van der Waals surface area contributed by atoms with Crippen molar-refractivity contribution in [2.45, 2.75) is 6.42 Å². The molecule has 0 N–H and O–H groups in total. The Balaban J connectivity index is 1.37. The van der Waals surface area contributed by atoms with Crippen molar-refractivity contribution in [3.05, 3.63) is 46.5 Å². The molecule has 0 bridgehead atoms. The van der Waals surface area contributed by atoms with Crippen LogP contribution in [0.4, 0.5) is 0 Å². The van der Waals surface area contributed by atoms with Crippen molar-refractivity contribution in [3.8, 4) is 23.0 Å². The van der Waals surface area contributed by atoms with Crippen molar-refractivity contribution in [3.63, 3.8) is 0 Å². The van der Waals surface area contributed by atoms with Crippen LogP contribution in [0.3, 0.4) is 0 Å². The van der Waals surface area contributed by atoms with E-state index in [1.165, 1.54) is 0 Å². The van der Waals surface area contributed by atoms with Gasteiger partial charge in [0.05, 0.1) is 25.7 Å². The molecule has 32 heavy (non-hydrogen) atoms. The predicted molar refractivity (Wildman–Crippen MR) is 118 cm³/mol. The van der Waals surface area contributed by atoms with Crippen LogP contribution in [-0.4, -0.2) is 75.2 Å². The largest absolute Gasteiger partial charge is 0.497 e. The van der Waals surface area contributed by atoms with Crippen LogP contribution in [0, 0.1) is 0 Å². The Kier molecular flexibility index (Phi) is 6.60. The van der Waals surface area contributed by atoms with Crippen molar-refractivity contribution in [1.82, 2.24) is 9.80 Å². The molecule has 0 unspecified atom stereocenters. The number of nitrogens with zero attached hydrogens (tertiary/aromatic N) is 2. The van der Waals surface area contributed by atoms with Crippen LogP contribution in [0.15, 0.2) is 30.3 Å². The maximum Gasteiger partial charge on any atom is 0.254 e. The van der Waals surface area contributed by atoms with Gasteiger partial charge in [-0.3, -0.25) is 9.59 Å². The SMILES string of the molecule is COc1cc(OC)cc(C(=O)N2CCN(C(=O)Cc3cc(Cl)c4c(c3)OCCO4)CC2)c1. The number of hydrogen-bond acceptors (Lipinski definition) is 6. The predicted octanol–water partition coefficient (Wildman–Crippen LogP) is 2.66. The third-order valence-corrected chi connectivity index (χ3v) is 5.81. The quantitative estimate of drug-likeness (QED) is 0.682. The van der Waals surface area contributed by atoms with Crippen molar-refractivity contribution < 1.29 is 28.5 Å². The fourth-order valence-corrected chi connectivity index (χ4v) is 4.11. The highest BCUT2D eigenvalue weighted by Gasteiger charge is 2.26. The van der Waals surface area contributed by atoms with E-state index in [4.69, 9.17) is 30.5 Å². The number of methoxy groups -OCH3 is 2. The molecule has 1 fully saturated rings. The zero-order valence-electron chi connectivity index (χ0n) is 18.1. The fourth-order valence-electron chi connectivity index (χ4n) is 3.83. The highest BCUT2D eigenvalue weighted by molar-refractivity contribution is 6.32. The summed E-state index contributed by atoms with van der Waals surface area (Å²) in [5.74, 6) is 2.06. The van der Waals surface area contributed by atoms with Crippen LogP contribution in [0.25, 0.3) is 0 Å². The van der Waals surface area contributed by atoms with Crippen LogP contribution in [-0.2, 0) is 11.2 Å². The highest BCUT2D eigenvalue weighted by Crippen LogP contribution is 2.38. The third kappa shape index (κ3) is 4.70. The molecule has 2 heterocycles. The highest BCUT2D eigenvalue weighted by atomic mass is 35.5. The minimum Gasteiger partial charge on any atom is -0.497 e. The van der Waals surface area contributed by atoms with Gasteiger partial charge in [0.15, 0.2) is 11.5 Å². The molecular formula is C23H25ClN2O6. The van der Waals surface area contributed by atoms with Gasteiger partial charge < -0.3 is 28.7 Å². The number of carbonyl (C=O) groups is 2. The number of halogens is 1. The number of piperazine rings is 1.